The molecule has 3 aromatic rings. The summed E-state index contributed by atoms with van der Waals surface area (Å²) < 4.78 is 0. The number of benzene rings is 1. The van der Waals surface area contributed by atoms with E-state index < -0.39 is 33.4 Å². The second-order valence-electron chi connectivity index (χ2n) is 8.13. The number of carbonyl (C=O) groups is 3. The number of hydrogen-bond donors (Lipinski definition) is 5. The van der Waals surface area contributed by atoms with E-state index in [0.717, 1.165) is 41.1 Å². The van der Waals surface area contributed by atoms with Crippen LogP contribution in [0.4, 0.5) is 5.13 Å². The van der Waals surface area contributed by atoms with E-state index >= 15 is 0 Å². The lowest BCUT2D eigenvalue weighted by Gasteiger charge is -2.52. The number of oxime groups is 1. The van der Waals surface area contributed by atoms with Crippen LogP contribution in [0.3, 0.4) is 0 Å². The van der Waals surface area contributed by atoms with Crippen LogP contribution in [0.15, 0.2) is 57.3 Å². The maximum atomic E-state index is 13.1. The van der Waals surface area contributed by atoms with Crippen molar-refractivity contribution in [3.63, 3.8) is 0 Å². The van der Waals surface area contributed by atoms with Crippen LogP contribution < -0.4 is 11.1 Å². The number of aromatic amines is 1. The van der Waals surface area contributed by atoms with Gasteiger partial charge in [-0.05, 0) is 5.56 Å². The van der Waals surface area contributed by atoms with Crippen LogP contribution in [-0.2, 0) is 24.1 Å². The molecule has 202 valence electrons. The predicted octanol–water partition coefficient (Wildman–Crippen LogP) is 1.63. The first-order valence-electron chi connectivity index (χ1n) is 11.1. The molecule has 39 heavy (non-hydrogen) atoms. The molecule has 0 bridgehead atoms. The van der Waals surface area contributed by atoms with Crippen molar-refractivity contribution < 1.29 is 29.4 Å². The number of nitrogens with one attached hydrogen (secondary N) is 2. The number of rotatable bonds is 9. The molecule has 2 amide bonds. The number of nitrogen functional groups attached to an aromatic ring is 1. The van der Waals surface area contributed by atoms with Crippen molar-refractivity contribution in [2.24, 2.45) is 5.16 Å². The Morgan fingerprint density at radius 3 is 2.74 bits per heavy atom. The number of aliphatic carboxylic acids is 1. The fraction of sp³-hybridized carbons (Fsp3) is 0.227. The summed E-state index contributed by atoms with van der Waals surface area (Å²) in [5, 5.41) is 34.7. The van der Waals surface area contributed by atoms with Gasteiger partial charge in [-0.25, -0.2) is 9.78 Å². The Morgan fingerprint density at radius 2 is 2.15 bits per heavy atom. The van der Waals surface area contributed by atoms with Crippen LogP contribution >= 0.6 is 34.9 Å². The minimum Gasteiger partial charge on any atom is -0.479 e. The number of aromatic nitrogens is 4. The predicted molar refractivity (Wildman–Crippen MR) is 142 cm³/mol. The number of nitrogens with two attached hydrogens (primary N) is 1. The fourth-order valence-corrected chi connectivity index (χ4v) is 7.89. The second-order valence-corrected chi connectivity index (χ2v) is 11.5. The number of fused-ring (bicyclic) bond motifs is 1. The van der Waals surface area contributed by atoms with E-state index in [-0.39, 0.29) is 39.6 Å². The van der Waals surface area contributed by atoms with Gasteiger partial charge in [0.15, 0.2) is 15.2 Å². The molecule has 0 saturated carbocycles. The molecule has 17 heteroatoms. The quantitative estimate of drug-likeness (QED) is 0.105. The van der Waals surface area contributed by atoms with Crippen molar-refractivity contribution >= 4 is 64.0 Å². The van der Waals surface area contributed by atoms with Gasteiger partial charge < -0.3 is 26.1 Å². The normalized spacial score (nSPS) is 21.4. The summed E-state index contributed by atoms with van der Waals surface area (Å²) in [6.45, 7) is 0. The zero-order valence-electron chi connectivity index (χ0n) is 20.0. The summed E-state index contributed by atoms with van der Waals surface area (Å²) in [5.41, 5.74) is 6.69. The van der Waals surface area contributed by atoms with E-state index in [4.69, 9.17) is 5.73 Å². The first kappa shape index (κ1) is 26.5. The lowest BCUT2D eigenvalue weighted by Crippen LogP contribution is -2.61. The number of hydrogen-bond acceptors (Lipinski definition) is 13. The van der Waals surface area contributed by atoms with Gasteiger partial charge in [-0.1, -0.05) is 64.1 Å². The number of carboxylic acid groups (broad SMARTS) is 1. The van der Waals surface area contributed by atoms with E-state index in [1.54, 1.807) is 35.7 Å². The molecule has 0 aliphatic carbocycles. The Labute approximate surface area is 232 Å². The van der Waals surface area contributed by atoms with Crippen LogP contribution in [0.2, 0.25) is 0 Å². The number of thioether (sulfide) groups is 2. The van der Waals surface area contributed by atoms with E-state index in [2.05, 4.69) is 35.5 Å². The van der Waals surface area contributed by atoms with E-state index in [0.29, 0.717) is 5.56 Å². The highest BCUT2D eigenvalue weighted by molar-refractivity contribution is 8.01. The van der Waals surface area contributed by atoms with Gasteiger partial charge in [0.25, 0.3) is 5.91 Å². The number of thiazole rings is 1. The van der Waals surface area contributed by atoms with E-state index in [1.807, 2.05) is 0 Å². The second kappa shape index (κ2) is 10.6. The lowest BCUT2D eigenvalue weighted by molar-refractivity contribution is -0.146. The number of carbonyl (C=O) groups excluding carboxylic acids is 2. The van der Waals surface area contributed by atoms with Crippen molar-refractivity contribution in [2.75, 3.05) is 12.8 Å². The molecule has 1 aromatic carbocycles. The molecule has 3 atom stereocenters. The zero-order valence-corrected chi connectivity index (χ0v) is 22.4. The summed E-state index contributed by atoms with van der Waals surface area (Å²) in [4.78, 5) is 50.1. The van der Waals surface area contributed by atoms with Gasteiger partial charge in [-0.3, -0.25) is 19.5 Å². The number of β-lactam (4-membered cyclic amide) rings is 1. The molecular formula is C22H20N8O6S3. The molecule has 6 N–H and O–H groups in total. The third-order valence-electron chi connectivity index (χ3n) is 5.80. The van der Waals surface area contributed by atoms with Gasteiger partial charge >= 0.3 is 12.0 Å². The van der Waals surface area contributed by atoms with Gasteiger partial charge in [-0.2, -0.15) is 0 Å². The van der Waals surface area contributed by atoms with Crippen molar-refractivity contribution in [1.29, 1.82) is 0 Å². The summed E-state index contributed by atoms with van der Waals surface area (Å²) in [7, 11) is 1.27. The van der Waals surface area contributed by atoms with Gasteiger partial charge in [-0.15, -0.1) is 16.4 Å². The van der Waals surface area contributed by atoms with Crippen LogP contribution in [0.1, 0.15) is 22.9 Å². The first-order valence-corrected chi connectivity index (χ1v) is 13.8. The maximum Gasteiger partial charge on any atom is 0.352 e. The number of amides is 2. The Bertz CT molecular complexity index is 1490. The molecular weight excluding hydrogens is 568 g/mol. The summed E-state index contributed by atoms with van der Waals surface area (Å²) in [6, 6.07) is 8.42. The van der Waals surface area contributed by atoms with Crippen LogP contribution in [0, 0.1) is 0 Å². The van der Waals surface area contributed by atoms with Gasteiger partial charge in [0.05, 0.1) is 22.7 Å². The van der Waals surface area contributed by atoms with E-state index in [1.165, 1.54) is 12.0 Å². The Morgan fingerprint density at radius 1 is 1.38 bits per heavy atom. The molecule has 2 aromatic heterocycles. The maximum absolute atomic E-state index is 13.1. The minimum absolute atomic E-state index is 0.0528. The molecule has 5 rings (SSSR count). The van der Waals surface area contributed by atoms with Crippen LogP contribution in [0.5, 0.6) is 6.01 Å². The molecule has 4 heterocycles. The van der Waals surface area contributed by atoms with Crippen molar-refractivity contribution in [2.45, 2.75) is 27.1 Å². The van der Waals surface area contributed by atoms with Crippen molar-refractivity contribution in [1.82, 2.24) is 30.4 Å². The molecule has 14 nitrogen and oxygen atoms in total. The number of carboxylic acids is 1. The molecule has 1 saturated heterocycles. The number of nitrogens with zero attached hydrogens (tertiary/aromatic N) is 5. The molecule has 1 fully saturated rings. The minimum atomic E-state index is -1.61. The average Bonchev–Trinajstić information content (AvgIpc) is 3.53. The Kier molecular flexibility index (Phi) is 7.19. The van der Waals surface area contributed by atoms with Gasteiger partial charge in [0, 0.05) is 11.0 Å². The zero-order chi connectivity index (χ0) is 27.7. The average molecular weight is 589 g/mol. The Hall–Kier alpha value is -4.09. The smallest absolute Gasteiger partial charge is 0.352 e. The number of anilines is 1. The first-order chi connectivity index (χ1) is 18.7. The largest absolute Gasteiger partial charge is 0.479 e. The fourth-order valence-electron chi connectivity index (χ4n) is 4.28. The third-order valence-corrected chi connectivity index (χ3v) is 9.16. The summed E-state index contributed by atoms with van der Waals surface area (Å²) in [5.74, 6) is -2.46. The van der Waals surface area contributed by atoms with Gasteiger partial charge in [0.1, 0.15) is 19.0 Å². The highest BCUT2D eigenvalue weighted by atomic mass is 32.2. The molecule has 0 radical (unpaired) electrons. The molecule has 2 aliphatic heterocycles. The molecule has 2 unspecified atom stereocenters. The monoisotopic (exact) mass is 588 g/mol. The van der Waals surface area contributed by atoms with Gasteiger partial charge in [0.2, 0.25) is 5.91 Å². The molecule has 2 aliphatic rings. The highest BCUT2D eigenvalue weighted by Gasteiger charge is 2.59. The lowest BCUT2D eigenvalue weighted by atomic mass is 9.91. The SMILES string of the molecule is CON=CC(=O)NC1(c2csc(N)n2)S[C@H]2CC(=O)N2C(C(=O)O)=C1C(Sc1nnc(O)[nH]1)c1ccccc1. The van der Waals surface area contributed by atoms with Crippen LogP contribution in [0.25, 0.3) is 0 Å². The highest BCUT2D eigenvalue weighted by Crippen LogP contribution is 2.60. The summed E-state index contributed by atoms with van der Waals surface area (Å²) in [6.07, 6.45) is 0.963. The van der Waals surface area contributed by atoms with Crippen molar-refractivity contribution in [3.05, 3.63) is 58.2 Å². The summed E-state index contributed by atoms with van der Waals surface area (Å²) >= 11 is 3.31. The Balaban J connectivity index is 1.81. The standard InChI is InChI=1S/C22H20N8O6S3/c1-36-24-8-12(31)27-22(11-9-37-19(23)25-11)15(16(18(33)34)30-13(32)7-14(30)39-22)17(10-5-3-2-4-6-10)38-21-26-20(35)28-29-21/h2-6,8-9,14,17H,7H2,1H3,(H2,23,25)(H,27,31)(H,33,34)(H2,26,28,29,35)/t14-,17?,22?/m0/s1. The topological polar surface area (TPSA) is 209 Å². The number of H-pyrrole nitrogens is 1. The van der Waals surface area contributed by atoms with Crippen LogP contribution in [-0.4, -0.2) is 71.8 Å². The molecule has 0 spiro atoms. The van der Waals surface area contributed by atoms with E-state index in [9.17, 15) is 24.6 Å². The number of aromatic hydroxyl groups is 1. The van der Waals surface area contributed by atoms with Crippen molar-refractivity contribution in [3.8, 4) is 6.01 Å². The third kappa shape index (κ3) is 4.90.